The number of hydrogen-bond acceptors (Lipinski definition) is 2. The fourth-order valence-electron chi connectivity index (χ4n) is 1.24. The van der Waals surface area contributed by atoms with E-state index in [1.165, 1.54) is 0 Å². The molecule has 3 heteroatoms. The molecule has 0 aliphatic carbocycles. The van der Waals surface area contributed by atoms with Gasteiger partial charge in [0.15, 0.2) is 0 Å². The average Bonchev–Trinajstić information content (AvgIpc) is 2.19. The second kappa shape index (κ2) is 5.50. The number of nitrogens with zero attached hydrogens (tertiary/aromatic N) is 1. The molecule has 1 atom stereocenters. The summed E-state index contributed by atoms with van der Waals surface area (Å²) in [4.78, 5) is 4.75. The van der Waals surface area contributed by atoms with Crippen molar-refractivity contribution in [3.8, 4) is 0 Å². The number of rotatable bonds is 4. The van der Waals surface area contributed by atoms with Gasteiger partial charge in [-0.1, -0.05) is 30.4 Å². The fraction of sp³-hybridized carbons (Fsp3) is 0.273. The summed E-state index contributed by atoms with van der Waals surface area (Å²) in [6.45, 7) is 1.98. The molecule has 1 unspecified atom stereocenters. The lowest BCUT2D eigenvalue weighted by molar-refractivity contribution is 0.867. The van der Waals surface area contributed by atoms with E-state index >= 15 is 0 Å². The van der Waals surface area contributed by atoms with E-state index in [0.29, 0.717) is 4.99 Å². The Morgan fingerprint density at radius 2 is 2.43 bits per heavy atom. The molecule has 0 bridgehead atoms. The summed E-state index contributed by atoms with van der Waals surface area (Å²) in [5, 5.41) is 0. The van der Waals surface area contributed by atoms with Crippen molar-refractivity contribution >= 4 is 17.2 Å². The third-order valence-corrected chi connectivity index (χ3v) is 2.28. The molecule has 2 nitrogen and oxygen atoms in total. The van der Waals surface area contributed by atoms with Crippen molar-refractivity contribution in [3.63, 3.8) is 0 Å². The van der Waals surface area contributed by atoms with Gasteiger partial charge in [0.2, 0.25) is 0 Å². The highest BCUT2D eigenvalue weighted by atomic mass is 32.1. The standard InChI is InChI=1S/C11H14N2S/c1-2-3-6-9(11(12)14)10-7-4-5-8-13-10/h2-5,7-9H,6H2,1H3,(H2,12,14). The first-order valence-electron chi connectivity index (χ1n) is 4.57. The van der Waals surface area contributed by atoms with E-state index in [-0.39, 0.29) is 5.92 Å². The summed E-state index contributed by atoms with van der Waals surface area (Å²) in [7, 11) is 0. The molecule has 0 saturated heterocycles. The largest absolute Gasteiger partial charge is 0.393 e. The second-order valence-corrected chi connectivity index (χ2v) is 3.49. The van der Waals surface area contributed by atoms with Crippen LogP contribution in [0.1, 0.15) is 25.0 Å². The minimum atomic E-state index is 0.0578. The maximum absolute atomic E-state index is 5.67. The zero-order chi connectivity index (χ0) is 10.4. The van der Waals surface area contributed by atoms with Crippen molar-refractivity contribution < 1.29 is 0 Å². The normalized spacial score (nSPS) is 12.9. The predicted octanol–water partition coefficient (Wildman–Crippen LogP) is 2.42. The van der Waals surface area contributed by atoms with E-state index in [1.54, 1.807) is 6.20 Å². The van der Waals surface area contributed by atoms with Gasteiger partial charge < -0.3 is 5.73 Å². The predicted molar refractivity (Wildman–Crippen MR) is 63.2 cm³/mol. The second-order valence-electron chi connectivity index (χ2n) is 3.01. The average molecular weight is 206 g/mol. The molecule has 1 aromatic heterocycles. The van der Waals surface area contributed by atoms with E-state index in [1.807, 2.05) is 31.2 Å². The van der Waals surface area contributed by atoms with E-state index in [9.17, 15) is 0 Å². The molecule has 0 spiro atoms. The van der Waals surface area contributed by atoms with Crippen LogP contribution in [-0.4, -0.2) is 9.97 Å². The molecule has 1 rings (SSSR count). The number of allylic oxidation sites excluding steroid dienone is 2. The summed E-state index contributed by atoms with van der Waals surface area (Å²) in [6.07, 6.45) is 6.63. The van der Waals surface area contributed by atoms with Crippen molar-refractivity contribution in [2.75, 3.05) is 0 Å². The van der Waals surface area contributed by atoms with Crippen LogP contribution in [0.2, 0.25) is 0 Å². The molecule has 14 heavy (non-hydrogen) atoms. The lowest BCUT2D eigenvalue weighted by Crippen LogP contribution is -2.19. The van der Waals surface area contributed by atoms with Crippen LogP contribution in [0.4, 0.5) is 0 Å². The molecule has 1 heterocycles. The molecule has 0 aliphatic rings. The quantitative estimate of drug-likeness (QED) is 0.607. The number of hydrogen-bond donors (Lipinski definition) is 1. The smallest absolute Gasteiger partial charge is 0.0822 e. The summed E-state index contributed by atoms with van der Waals surface area (Å²) < 4.78 is 0. The van der Waals surface area contributed by atoms with Gasteiger partial charge in [-0.25, -0.2) is 0 Å². The minimum Gasteiger partial charge on any atom is -0.393 e. The van der Waals surface area contributed by atoms with E-state index in [2.05, 4.69) is 11.1 Å². The van der Waals surface area contributed by atoms with Crippen LogP contribution in [0.3, 0.4) is 0 Å². The van der Waals surface area contributed by atoms with Gasteiger partial charge >= 0.3 is 0 Å². The van der Waals surface area contributed by atoms with Gasteiger partial charge in [0.05, 0.1) is 16.6 Å². The molecule has 2 N–H and O–H groups in total. The van der Waals surface area contributed by atoms with Crippen LogP contribution in [-0.2, 0) is 0 Å². The molecule has 0 aliphatic heterocycles. The first-order valence-corrected chi connectivity index (χ1v) is 4.98. The van der Waals surface area contributed by atoms with Gasteiger partial charge in [-0.05, 0) is 25.5 Å². The molecule has 0 fully saturated rings. The maximum atomic E-state index is 5.67. The number of thiocarbonyl (C=S) groups is 1. The van der Waals surface area contributed by atoms with Crippen molar-refractivity contribution in [1.29, 1.82) is 0 Å². The Labute approximate surface area is 89.8 Å². The molecular formula is C11H14N2S. The van der Waals surface area contributed by atoms with Gasteiger partial charge in [-0.2, -0.15) is 0 Å². The Kier molecular flexibility index (Phi) is 4.26. The highest BCUT2D eigenvalue weighted by Crippen LogP contribution is 2.17. The lowest BCUT2D eigenvalue weighted by atomic mass is 10.0. The Bertz CT molecular complexity index is 319. The van der Waals surface area contributed by atoms with Gasteiger partial charge in [-0.15, -0.1) is 0 Å². The summed E-state index contributed by atoms with van der Waals surface area (Å²) in [6, 6.07) is 5.78. The highest BCUT2D eigenvalue weighted by molar-refractivity contribution is 7.80. The monoisotopic (exact) mass is 206 g/mol. The Morgan fingerprint density at radius 3 is 2.93 bits per heavy atom. The summed E-state index contributed by atoms with van der Waals surface area (Å²) in [5.41, 5.74) is 6.61. The fourth-order valence-corrected chi connectivity index (χ4v) is 1.45. The Morgan fingerprint density at radius 1 is 1.64 bits per heavy atom. The van der Waals surface area contributed by atoms with Gasteiger partial charge in [0.25, 0.3) is 0 Å². The van der Waals surface area contributed by atoms with Crippen molar-refractivity contribution in [3.05, 3.63) is 42.2 Å². The Hall–Kier alpha value is -1.22. The van der Waals surface area contributed by atoms with Gasteiger partial charge in [0.1, 0.15) is 0 Å². The van der Waals surface area contributed by atoms with Gasteiger partial charge in [0, 0.05) is 6.20 Å². The van der Waals surface area contributed by atoms with Crippen molar-refractivity contribution in [2.24, 2.45) is 5.73 Å². The number of aromatic nitrogens is 1. The van der Waals surface area contributed by atoms with E-state index < -0.39 is 0 Å². The van der Waals surface area contributed by atoms with Crippen LogP contribution in [0.15, 0.2) is 36.5 Å². The zero-order valence-electron chi connectivity index (χ0n) is 8.18. The zero-order valence-corrected chi connectivity index (χ0v) is 9.00. The number of pyridine rings is 1. The Balaban J connectivity index is 2.83. The molecule has 1 aromatic rings. The highest BCUT2D eigenvalue weighted by Gasteiger charge is 2.13. The molecule has 0 saturated carbocycles. The van der Waals surface area contributed by atoms with Crippen molar-refractivity contribution in [1.82, 2.24) is 4.98 Å². The van der Waals surface area contributed by atoms with Crippen LogP contribution in [0.5, 0.6) is 0 Å². The molecule has 0 amide bonds. The summed E-state index contributed by atoms with van der Waals surface area (Å²) >= 11 is 5.02. The summed E-state index contributed by atoms with van der Waals surface area (Å²) in [5.74, 6) is 0.0578. The van der Waals surface area contributed by atoms with E-state index in [0.717, 1.165) is 12.1 Å². The van der Waals surface area contributed by atoms with Gasteiger partial charge in [-0.3, -0.25) is 4.98 Å². The maximum Gasteiger partial charge on any atom is 0.0822 e. The molecule has 74 valence electrons. The lowest BCUT2D eigenvalue weighted by Gasteiger charge is -2.12. The topological polar surface area (TPSA) is 38.9 Å². The molecule has 0 aromatic carbocycles. The van der Waals surface area contributed by atoms with Crippen molar-refractivity contribution in [2.45, 2.75) is 19.3 Å². The van der Waals surface area contributed by atoms with Crippen LogP contribution < -0.4 is 5.73 Å². The minimum absolute atomic E-state index is 0.0578. The third kappa shape index (κ3) is 2.92. The van der Waals surface area contributed by atoms with Crippen LogP contribution >= 0.6 is 12.2 Å². The first-order chi connectivity index (χ1) is 6.75. The van der Waals surface area contributed by atoms with Crippen LogP contribution in [0, 0.1) is 0 Å². The molecular weight excluding hydrogens is 192 g/mol. The third-order valence-electron chi connectivity index (χ3n) is 2.00. The number of nitrogens with two attached hydrogens (primary N) is 1. The molecule has 0 radical (unpaired) electrons. The van der Waals surface area contributed by atoms with E-state index in [4.69, 9.17) is 18.0 Å². The SMILES string of the molecule is CC=CCC(C(N)=S)c1ccccn1. The van der Waals surface area contributed by atoms with Crippen LogP contribution in [0.25, 0.3) is 0 Å². The first kappa shape index (κ1) is 10.9.